The number of pyridine rings is 1. The van der Waals surface area contributed by atoms with Crippen molar-refractivity contribution in [2.75, 3.05) is 12.8 Å². The Kier molecular flexibility index (Phi) is 3.21. The number of aromatic nitrogens is 3. The Bertz CT molecular complexity index is 478. The summed E-state index contributed by atoms with van der Waals surface area (Å²) in [7, 11) is 1.54. The Hall–Kier alpha value is -1.82. The summed E-state index contributed by atoms with van der Waals surface area (Å²) in [6.45, 7) is 0. The van der Waals surface area contributed by atoms with Gasteiger partial charge in [-0.25, -0.2) is 4.98 Å². The summed E-state index contributed by atoms with van der Waals surface area (Å²) in [5.74, 6) is 0.667. The lowest BCUT2D eigenvalue weighted by Crippen LogP contribution is -1.98. The molecule has 0 aliphatic heterocycles. The Morgan fingerprint density at radius 1 is 1.25 bits per heavy atom. The van der Waals surface area contributed by atoms with E-state index >= 15 is 0 Å². The summed E-state index contributed by atoms with van der Waals surface area (Å²) in [6, 6.07) is 5.53. The molecule has 0 fully saturated rings. The molecule has 2 aromatic heterocycles. The van der Waals surface area contributed by atoms with Crippen molar-refractivity contribution < 1.29 is 4.74 Å². The molecule has 0 radical (unpaired) electrons. The first kappa shape index (κ1) is 10.7. The van der Waals surface area contributed by atoms with Crippen LogP contribution in [-0.4, -0.2) is 22.1 Å². The van der Waals surface area contributed by atoms with Crippen molar-refractivity contribution >= 4 is 17.7 Å². The van der Waals surface area contributed by atoms with Gasteiger partial charge in [0.15, 0.2) is 0 Å². The van der Waals surface area contributed by atoms with E-state index in [2.05, 4.69) is 15.0 Å². The third kappa shape index (κ3) is 2.60. The van der Waals surface area contributed by atoms with E-state index in [1.807, 2.05) is 12.1 Å². The van der Waals surface area contributed by atoms with Crippen molar-refractivity contribution in [1.29, 1.82) is 0 Å². The predicted molar refractivity (Wildman–Crippen MR) is 61.4 cm³/mol. The van der Waals surface area contributed by atoms with Gasteiger partial charge in [0.05, 0.1) is 7.11 Å². The zero-order chi connectivity index (χ0) is 11.4. The van der Waals surface area contributed by atoms with E-state index in [9.17, 15) is 0 Å². The molecule has 2 heterocycles. The quantitative estimate of drug-likeness (QED) is 0.813. The molecular formula is C10H10N4OS. The highest BCUT2D eigenvalue weighted by molar-refractivity contribution is 7.99. The van der Waals surface area contributed by atoms with E-state index in [1.165, 1.54) is 11.8 Å². The van der Waals surface area contributed by atoms with E-state index in [0.717, 1.165) is 9.92 Å². The van der Waals surface area contributed by atoms with E-state index in [1.54, 1.807) is 25.6 Å². The van der Waals surface area contributed by atoms with Gasteiger partial charge in [-0.15, -0.1) is 0 Å². The second kappa shape index (κ2) is 4.80. The van der Waals surface area contributed by atoms with Crippen LogP contribution < -0.4 is 10.5 Å². The summed E-state index contributed by atoms with van der Waals surface area (Å²) in [5.41, 5.74) is 5.56. The van der Waals surface area contributed by atoms with E-state index < -0.39 is 0 Å². The van der Waals surface area contributed by atoms with Crippen LogP contribution in [0.5, 0.6) is 5.88 Å². The van der Waals surface area contributed by atoms with Crippen molar-refractivity contribution in [2.24, 2.45) is 0 Å². The van der Waals surface area contributed by atoms with Gasteiger partial charge in [-0.1, -0.05) is 11.8 Å². The third-order valence-electron chi connectivity index (χ3n) is 1.78. The van der Waals surface area contributed by atoms with Crippen LogP contribution >= 0.6 is 11.8 Å². The van der Waals surface area contributed by atoms with Gasteiger partial charge in [0, 0.05) is 23.4 Å². The molecule has 16 heavy (non-hydrogen) atoms. The van der Waals surface area contributed by atoms with Crippen molar-refractivity contribution in [1.82, 2.24) is 15.0 Å². The fraction of sp³-hybridized carbons (Fsp3) is 0.100. The molecular weight excluding hydrogens is 224 g/mol. The molecule has 0 saturated carbocycles. The average molecular weight is 234 g/mol. The first-order valence-corrected chi connectivity index (χ1v) is 5.36. The maximum atomic E-state index is 5.56. The van der Waals surface area contributed by atoms with Crippen molar-refractivity contribution in [3.05, 3.63) is 30.6 Å². The summed E-state index contributed by atoms with van der Waals surface area (Å²) in [6.07, 6.45) is 3.45. The lowest BCUT2D eigenvalue weighted by molar-refractivity contribution is 0.396. The molecule has 6 heteroatoms. The van der Waals surface area contributed by atoms with Crippen molar-refractivity contribution in [3.63, 3.8) is 0 Å². The Morgan fingerprint density at radius 3 is 2.69 bits per heavy atom. The molecule has 0 atom stereocenters. The average Bonchev–Trinajstić information content (AvgIpc) is 2.29. The molecule has 2 aromatic rings. The van der Waals surface area contributed by atoms with Gasteiger partial charge >= 0.3 is 0 Å². The van der Waals surface area contributed by atoms with Crippen molar-refractivity contribution in [2.45, 2.75) is 9.92 Å². The normalized spacial score (nSPS) is 10.1. The van der Waals surface area contributed by atoms with Gasteiger partial charge in [-0.2, -0.15) is 4.98 Å². The van der Waals surface area contributed by atoms with Gasteiger partial charge in [-0.3, -0.25) is 4.98 Å². The molecule has 2 N–H and O–H groups in total. The number of ether oxygens (including phenoxy) is 1. The largest absolute Gasteiger partial charge is 0.481 e. The van der Waals surface area contributed by atoms with Crippen LogP contribution in [0.1, 0.15) is 0 Å². The Labute approximate surface area is 97.1 Å². The minimum absolute atomic E-state index is 0.205. The predicted octanol–water partition coefficient (Wildman–Crippen LogP) is 1.61. The van der Waals surface area contributed by atoms with Gasteiger partial charge < -0.3 is 10.5 Å². The summed E-state index contributed by atoms with van der Waals surface area (Å²) in [4.78, 5) is 13.0. The highest BCUT2D eigenvalue weighted by Gasteiger charge is 2.04. The molecule has 2 rings (SSSR count). The molecule has 0 bridgehead atoms. The molecule has 0 aliphatic carbocycles. The first-order valence-electron chi connectivity index (χ1n) is 4.54. The lowest BCUT2D eigenvalue weighted by atomic mass is 10.5. The van der Waals surface area contributed by atoms with Crippen LogP contribution in [0.4, 0.5) is 5.95 Å². The molecule has 0 amide bonds. The standard InChI is InChI=1S/C10H10N4OS/c1-15-8-6-9(14-10(11)13-8)16-7-2-4-12-5-3-7/h2-6H,1H3,(H2,11,13,14). The molecule has 0 saturated heterocycles. The summed E-state index contributed by atoms with van der Waals surface area (Å²) >= 11 is 1.48. The monoisotopic (exact) mass is 234 g/mol. The summed E-state index contributed by atoms with van der Waals surface area (Å²) in [5, 5.41) is 0.746. The summed E-state index contributed by atoms with van der Waals surface area (Å²) < 4.78 is 5.02. The van der Waals surface area contributed by atoms with Gasteiger partial charge in [0.2, 0.25) is 11.8 Å². The van der Waals surface area contributed by atoms with Crippen LogP contribution in [0.25, 0.3) is 0 Å². The number of hydrogen-bond acceptors (Lipinski definition) is 6. The van der Waals surface area contributed by atoms with Gasteiger partial charge in [0.1, 0.15) is 5.03 Å². The van der Waals surface area contributed by atoms with Crippen LogP contribution in [0.3, 0.4) is 0 Å². The van der Waals surface area contributed by atoms with Crippen molar-refractivity contribution in [3.8, 4) is 5.88 Å². The zero-order valence-electron chi connectivity index (χ0n) is 8.62. The maximum Gasteiger partial charge on any atom is 0.224 e. The smallest absolute Gasteiger partial charge is 0.224 e. The van der Waals surface area contributed by atoms with Gasteiger partial charge in [-0.05, 0) is 12.1 Å². The van der Waals surface area contributed by atoms with E-state index in [-0.39, 0.29) is 5.95 Å². The van der Waals surface area contributed by atoms with Crippen LogP contribution in [-0.2, 0) is 0 Å². The minimum atomic E-state index is 0.205. The Balaban J connectivity index is 2.24. The zero-order valence-corrected chi connectivity index (χ0v) is 9.44. The second-order valence-electron chi connectivity index (χ2n) is 2.89. The van der Waals surface area contributed by atoms with Crippen LogP contribution in [0.15, 0.2) is 40.5 Å². The minimum Gasteiger partial charge on any atom is -0.481 e. The number of nitrogens with zero attached hydrogens (tertiary/aromatic N) is 3. The molecule has 0 aliphatic rings. The SMILES string of the molecule is COc1cc(Sc2ccncc2)nc(N)n1. The molecule has 0 unspecified atom stereocenters. The molecule has 0 aromatic carbocycles. The Morgan fingerprint density at radius 2 is 2.00 bits per heavy atom. The fourth-order valence-corrected chi connectivity index (χ4v) is 1.90. The maximum absolute atomic E-state index is 5.56. The number of nitrogen functional groups attached to an aromatic ring is 1. The van der Waals surface area contributed by atoms with E-state index in [0.29, 0.717) is 5.88 Å². The lowest BCUT2D eigenvalue weighted by Gasteiger charge is -2.03. The number of anilines is 1. The number of rotatable bonds is 3. The van der Waals surface area contributed by atoms with Gasteiger partial charge in [0.25, 0.3) is 0 Å². The number of hydrogen-bond donors (Lipinski definition) is 1. The number of methoxy groups -OCH3 is 1. The third-order valence-corrected chi connectivity index (χ3v) is 2.70. The molecule has 0 spiro atoms. The second-order valence-corrected chi connectivity index (χ2v) is 3.99. The highest BCUT2D eigenvalue weighted by Crippen LogP contribution is 2.27. The fourth-order valence-electron chi connectivity index (χ4n) is 1.10. The molecule has 5 nitrogen and oxygen atoms in total. The molecule has 82 valence electrons. The topological polar surface area (TPSA) is 73.9 Å². The van der Waals surface area contributed by atoms with E-state index in [4.69, 9.17) is 10.5 Å². The highest BCUT2D eigenvalue weighted by atomic mass is 32.2. The number of nitrogens with two attached hydrogens (primary N) is 1. The van der Waals surface area contributed by atoms with Crippen LogP contribution in [0.2, 0.25) is 0 Å². The first-order chi connectivity index (χ1) is 7.78. The van der Waals surface area contributed by atoms with Crippen LogP contribution in [0, 0.1) is 0 Å².